The molecule has 1 unspecified atom stereocenters. The Bertz CT molecular complexity index is 1130. The molecule has 0 aliphatic carbocycles. The number of hydrazone groups is 1. The Labute approximate surface area is 185 Å². The minimum Gasteiger partial charge on any atom is -0.366 e. The van der Waals surface area contributed by atoms with Crippen molar-refractivity contribution in [2.75, 3.05) is 11.4 Å². The molecule has 4 heteroatoms. The van der Waals surface area contributed by atoms with E-state index < -0.39 is 0 Å². The number of benzene rings is 3. The third kappa shape index (κ3) is 4.34. The average molecular weight is 414 g/mol. The molecule has 0 saturated heterocycles. The Hall–Kier alpha value is -3.14. The van der Waals surface area contributed by atoms with Crippen LogP contribution in [0, 0.1) is 0 Å². The molecule has 1 aliphatic rings. The molecule has 0 radical (unpaired) electrons. The molecule has 1 aliphatic heterocycles. The molecule has 1 amide bonds. The van der Waals surface area contributed by atoms with Gasteiger partial charge in [-0.25, -0.2) is 5.43 Å². The lowest BCUT2D eigenvalue weighted by Gasteiger charge is -2.47. The second-order valence-electron chi connectivity index (χ2n) is 9.09. The molecule has 0 bridgehead atoms. The molecule has 3 aromatic carbocycles. The highest BCUT2D eigenvalue weighted by molar-refractivity contribution is 5.90. The molecule has 160 valence electrons. The van der Waals surface area contributed by atoms with E-state index >= 15 is 0 Å². The van der Waals surface area contributed by atoms with E-state index in [2.05, 4.69) is 79.5 Å². The van der Waals surface area contributed by atoms with Crippen molar-refractivity contribution in [3.63, 3.8) is 0 Å². The van der Waals surface area contributed by atoms with Crippen molar-refractivity contribution in [3.05, 3.63) is 77.4 Å². The fourth-order valence-electron chi connectivity index (χ4n) is 5.03. The van der Waals surface area contributed by atoms with Gasteiger partial charge in [-0.2, -0.15) is 5.10 Å². The summed E-state index contributed by atoms with van der Waals surface area (Å²) in [5.74, 6) is 0.375. The average Bonchev–Trinajstić information content (AvgIpc) is 2.74. The fraction of sp³-hybridized carbons (Fsp3) is 0.333. The van der Waals surface area contributed by atoms with Crippen LogP contribution >= 0.6 is 0 Å². The smallest absolute Gasteiger partial charge is 0.244 e. The first-order valence-corrected chi connectivity index (χ1v) is 11.1. The Balaban J connectivity index is 1.46. The van der Waals surface area contributed by atoms with E-state index in [-0.39, 0.29) is 11.4 Å². The van der Waals surface area contributed by atoms with Crippen molar-refractivity contribution in [2.24, 2.45) is 5.10 Å². The number of carbonyl (C=O) groups is 1. The summed E-state index contributed by atoms with van der Waals surface area (Å²) in [5, 5.41) is 6.47. The normalized spacial score (nSPS) is 17.7. The number of hydrogen-bond donors (Lipinski definition) is 1. The first-order chi connectivity index (χ1) is 14.9. The number of hydrogen-bond acceptors (Lipinski definition) is 3. The highest BCUT2D eigenvalue weighted by Gasteiger charge is 2.35. The zero-order valence-electron chi connectivity index (χ0n) is 18.9. The number of fused-ring (bicyclic) bond motifs is 2. The minimum absolute atomic E-state index is 0.113. The zero-order chi connectivity index (χ0) is 22.0. The third-order valence-corrected chi connectivity index (χ3v) is 6.36. The van der Waals surface area contributed by atoms with Gasteiger partial charge in [0.25, 0.3) is 0 Å². The van der Waals surface area contributed by atoms with E-state index in [1.54, 1.807) is 6.21 Å². The summed E-state index contributed by atoms with van der Waals surface area (Å²) >= 11 is 0. The first kappa shape index (κ1) is 21.1. The number of rotatable bonds is 5. The largest absolute Gasteiger partial charge is 0.366 e. The van der Waals surface area contributed by atoms with E-state index in [1.165, 1.54) is 11.3 Å². The SMILES string of the molecule is CCN1c2ccc(/C=N/NC(=O)Cc3cccc4ccccc34)cc2C(C)CC1(C)C. The molecular weight excluding hydrogens is 382 g/mol. The Morgan fingerprint density at radius 2 is 1.94 bits per heavy atom. The molecule has 1 heterocycles. The van der Waals surface area contributed by atoms with Crippen LogP contribution in [-0.2, 0) is 11.2 Å². The summed E-state index contributed by atoms with van der Waals surface area (Å²) in [6, 6.07) is 20.6. The summed E-state index contributed by atoms with van der Waals surface area (Å²) in [6.45, 7) is 10.1. The topological polar surface area (TPSA) is 44.7 Å². The van der Waals surface area contributed by atoms with Crippen LogP contribution in [-0.4, -0.2) is 24.2 Å². The Morgan fingerprint density at radius 3 is 2.74 bits per heavy atom. The van der Waals surface area contributed by atoms with E-state index in [1.807, 2.05) is 24.3 Å². The lowest BCUT2D eigenvalue weighted by atomic mass is 9.79. The van der Waals surface area contributed by atoms with Crippen molar-refractivity contribution in [3.8, 4) is 0 Å². The highest BCUT2D eigenvalue weighted by atomic mass is 16.2. The Kier molecular flexibility index (Phi) is 5.81. The van der Waals surface area contributed by atoms with Crippen LogP contribution in [0.1, 0.15) is 56.7 Å². The summed E-state index contributed by atoms with van der Waals surface area (Å²) < 4.78 is 0. The maximum Gasteiger partial charge on any atom is 0.244 e. The van der Waals surface area contributed by atoms with Gasteiger partial charge in [0.05, 0.1) is 12.6 Å². The highest BCUT2D eigenvalue weighted by Crippen LogP contribution is 2.43. The van der Waals surface area contributed by atoms with Gasteiger partial charge < -0.3 is 4.90 Å². The van der Waals surface area contributed by atoms with Gasteiger partial charge in [-0.05, 0) is 72.7 Å². The molecular formula is C27H31N3O. The van der Waals surface area contributed by atoms with Gasteiger partial charge in [0.15, 0.2) is 0 Å². The second kappa shape index (κ2) is 8.54. The predicted molar refractivity (Wildman–Crippen MR) is 130 cm³/mol. The number of nitrogens with one attached hydrogen (secondary N) is 1. The second-order valence-corrected chi connectivity index (χ2v) is 9.09. The molecule has 31 heavy (non-hydrogen) atoms. The number of nitrogens with zero attached hydrogens (tertiary/aromatic N) is 2. The maximum atomic E-state index is 12.5. The molecule has 1 N–H and O–H groups in total. The third-order valence-electron chi connectivity index (χ3n) is 6.36. The molecule has 4 rings (SSSR count). The van der Waals surface area contributed by atoms with E-state index in [9.17, 15) is 4.79 Å². The molecule has 0 aromatic heterocycles. The van der Waals surface area contributed by atoms with Gasteiger partial charge >= 0.3 is 0 Å². The van der Waals surface area contributed by atoms with Crippen LogP contribution < -0.4 is 10.3 Å². The lowest BCUT2D eigenvalue weighted by Crippen LogP contribution is -2.48. The lowest BCUT2D eigenvalue weighted by molar-refractivity contribution is -0.120. The number of carbonyl (C=O) groups excluding carboxylic acids is 1. The number of anilines is 1. The monoisotopic (exact) mass is 413 g/mol. The Morgan fingerprint density at radius 1 is 1.16 bits per heavy atom. The van der Waals surface area contributed by atoms with Gasteiger partial charge in [0, 0.05) is 17.8 Å². The quantitative estimate of drug-likeness (QED) is 0.434. The van der Waals surface area contributed by atoms with E-state index in [4.69, 9.17) is 0 Å². The van der Waals surface area contributed by atoms with Crippen molar-refractivity contribution in [1.29, 1.82) is 0 Å². The van der Waals surface area contributed by atoms with Gasteiger partial charge in [0.2, 0.25) is 5.91 Å². The van der Waals surface area contributed by atoms with Gasteiger partial charge in [-0.3, -0.25) is 4.79 Å². The van der Waals surface area contributed by atoms with Crippen LogP contribution in [0.3, 0.4) is 0 Å². The molecule has 1 atom stereocenters. The molecule has 0 spiro atoms. The van der Waals surface area contributed by atoms with Gasteiger partial charge in [0.1, 0.15) is 0 Å². The van der Waals surface area contributed by atoms with Crippen LogP contribution in [0.15, 0.2) is 65.8 Å². The molecule has 0 fully saturated rings. The summed E-state index contributed by atoms with van der Waals surface area (Å²) in [7, 11) is 0. The molecule has 4 nitrogen and oxygen atoms in total. The van der Waals surface area contributed by atoms with Crippen LogP contribution in [0.4, 0.5) is 5.69 Å². The molecule has 0 saturated carbocycles. The summed E-state index contributed by atoms with van der Waals surface area (Å²) in [6.07, 6.45) is 3.17. The summed E-state index contributed by atoms with van der Waals surface area (Å²) in [5.41, 5.74) is 7.53. The number of amides is 1. The van der Waals surface area contributed by atoms with Crippen LogP contribution in [0.5, 0.6) is 0 Å². The van der Waals surface area contributed by atoms with E-state index in [0.29, 0.717) is 12.3 Å². The standard InChI is InChI=1S/C27H31N3O/c1-5-30-25-14-13-20(15-24(25)19(2)17-27(30,3)4)18-28-29-26(31)16-22-11-8-10-21-9-6-7-12-23(21)22/h6-15,18-19H,5,16-17H2,1-4H3,(H,29,31)/b28-18+. The van der Waals surface area contributed by atoms with Crippen molar-refractivity contribution in [2.45, 2.75) is 52.0 Å². The van der Waals surface area contributed by atoms with Gasteiger partial charge in [-0.15, -0.1) is 0 Å². The fourth-order valence-corrected chi connectivity index (χ4v) is 5.03. The van der Waals surface area contributed by atoms with Gasteiger partial charge in [-0.1, -0.05) is 55.5 Å². The molecule has 3 aromatic rings. The minimum atomic E-state index is -0.113. The maximum absolute atomic E-state index is 12.5. The first-order valence-electron chi connectivity index (χ1n) is 11.1. The van der Waals surface area contributed by atoms with Crippen LogP contribution in [0.25, 0.3) is 10.8 Å². The van der Waals surface area contributed by atoms with Crippen molar-refractivity contribution < 1.29 is 4.79 Å². The summed E-state index contributed by atoms with van der Waals surface area (Å²) in [4.78, 5) is 14.9. The predicted octanol–water partition coefficient (Wildman–Crippen LogP) is 5.64. The van der Waals surface area contributed by atoms with Crippen molar-refractivity contribution in [1.82, 2.24) is 5.43 Å². The zero-order valence-corrected chi connectivity index (χ0v) is 18.9. The van der Waals surface area contributed by atoms with Crippen LogP contribution in [0.2, 0.25) is 0 Å². The van der Waals surface area contributed by atoms with E-state index in [0.717, 1.165) is 34.9 Å². The van der Waals surface area contributed by atoms with Crippen molar-refractivity contribution >= 4 is 28.6 Å².